The summed E-state index contributed by atoms with van der Waals surface area (Å²) in [5.74, 6) is -0.430. The fourth-order valence-electron chi connectivity index (χ4n) is 0.936. The molecule has 0 bridgehead atoms. The number of amides is 2. The molecule has 5 heteroatoms. The Bertz CT molecular complexity index is 341. The second-order valence-electron chi connectivity index (χ2n) is 2.81. The first-order valence-corrected chi connectivity index (χ1v) is 4.97. The lowest BCUT2D eigenvalue weighted by Gasteiger charge is -2.05. The Morgan fingerprint density at radius 2 is 1.80 bits per heavy atom. The van der Waals surface area contributed by atoms with E-state index in [1.807, 2.05) is 6.07 Å². The largest absolute Gasteiger partial charge is 0.273 e. The van der Waals surface area contributed by atoms with Crippen LogP contribution in [0.15, 0.2) is 30.3 Å². The van der Waals surface area contributed by atoms with Gasteiger partial charge in [-0.3, -0.25) is 20.4 Å². The summed E-state index contributed by atoms with van der Waals surface area (Å²) in [4.78, 5) is 22.4. The van der Waals surface area contributed by atoms with Crippen LogP contribution in [0.5, 0.6) is 0 Å². The van der Waals surface area contributed by atoms with Crippen LogP contribution in [0.2, 0.25) is 0 Å². The predicted molar refractivity (Wildman–Crippen MR) is 57.4 cm³/mol. The molecule has 0 saturated carbocycles. The van der Waals surface area contributed by atoms with Crippen molar-refractivity contribution >= 4 is 23.4 Å². The van der Waals surface area contributed by atoms with E-state index < -0.39 is 0 Å². The first kappa shape index (κ1) is 11.5. The zero-order valence-electron chi connectivity index (χ0n) is 8.00. The van der Waals surface area contributed by atoms with Crippen LogP contribution in [0.25, 0.3) is 0 Å². The van der Waals surface area contributed by atoms with Crippen LogP contribution in [0.3, 0.4) is 0 Å². The lowest BCUT2D eigenvalue weighted by molar-refractivity contribution is -0.121. The molecule has 0 unspecified atom stereocenters. The minimum Gasteiger partial charge on any atom is -0.273 e. The van der Waals surface area contributed by atoms with Crippen molar-refractivity contribution < 1.29 is 9.59 Å². The summed E-state index contributed by atoms with van der Waals surface area (Å²) in [6.45, 7) is 0. The Kier molecular flexibility index (Phi) is 4.63. The van der Waals surface area contributed by atoms with Crippen LogP contribution in [0.4, 0.5) is 0 Å². The highest BCUT2D eigenvalue weighted by atomic mass is 35.5. The predicted octanol–water partition coefficient (Wildman–Crippen LogP) is 1.08. The molecule has 1 aromatic rings. The number of hydrazine groups is 1. The van der Waals surface area contributed by atoms with Gasteiger partial charge in [0, 0.05) is 17.9 Å². The first-order valence-electron chi connectivity index (χ1n) is 4.44. The number of benzene rings is 1. The number of hydrogen-bond donors (Lipinski definition) is 2. The molecule has 0 atom stereocenters. The van der Waals surface area contributed by atoms with Crippen molar-refractivity contribution in [2.24, 2.45) is 0 Å². The smallest absolute Gasteiger partial charge is 0.269 e. The van der Waals surface area contributed by atoms with Gasteiger partial charge in [0.25, 0.3) is 5.91 Å². The third-order valence-electron chi connectivity index (χ3n) is 1.67. The van der Waals surface area contributed by atoms with Crippen molar-refractivity contribution in [3.05, 3.63) is 35.9 Å². The number of halogens is 1. The molecule has 0 aromatic heterocycles. The molecule has 0 fully saturated rings. The second kappa shape index (κ2) is 6.03. The van der Waals surface area contributed by atoms with Gasteiger partial charge in [-0.1, -0.05) is 18.2 Å². The fourth-order valence-corrected chi connectivity index (χ4v) is 1.11. The van der Waals surface area contributed by atoms with E-state index in [0.29, 0.717) is 5.56 Å². The van der Waals surface area contributed by atoms with Gasteiger partial charge in [0.1, 0.15) is 0 Å². The molecule has 80 valence electrons. The highest BCUT2D eigenvalue weighted by Crippen LogP contribution is 1.96. The van der Waals surface area contributed by atoms with Crippen molar-refractivity contribution in [3.8, 4) is 0 Å². The Hall–Kier alpha value is -1.55. The van der Waals surface area contributed by atoms with Gasteiger partial charge in [0.15, 0.2) is 0 Å². The zero-order valence-corrected chi connectivity index (χ0v) is 8.75. The summed E-state index contributed by atoms with van der Waals surface area (Å²) in [5.41, 5.74) is 5.03. The lowest BCUT2D eigenvalue weighted by Crippen LogP contribution is -2.41. The van der Waals surface area contributed by atoms with E-state index >= 15 is 0 Å². The standard InChI is InChI=1S/C10H11ClN2O2/c11-7-6-9(14)12-13-10(15)8-4-2-1-3-5-8/h1-5H,6-7H2,(H,12,14)(H,13,15). The van der Waals surface area contributed by atoms with Crippen molar-refractivity contribution in [2.45, 2.75) is 6.42 Å². The average Bonchev–Trinajstić information content (AvgIpc) is 2.27. The van der Waals surface area contributed by atoms with E-state index in [4.69, 9.17) is 11.6 Å². The van der Waals surface area contributed by atoms with Gasteiger partial charge in [-0.2, -0.15) is 0 Å². The molecule has 2 N–H and O–H groups in total. The molecular formula is C10H11ClN2O2. The Labute approximate surface area is 92.6 Å². The van der Waals surface area contributed by atoms with Gasteiger partial charge in [0.05, 0.1) is 0 Å². The molecule has 0 aliphatic rings. The van der Waals surface area contributed by atoms with Crippen molar-refractivity contribution in [1.82, 2.24) is 10.9 Å². The van der Waals surface area contributed by atoms with E-state index in [1.54, 1.807) is 24.3 Å². The fraction of sp³-hybridized carbons (Fsp3) is 0.200. The Balaban J connectivity index is 2.40. The molecule has 0 heterocycles. The van der Waals surface area contributed by atoms with Crippen LogP contribution in [0, 0.1) is 0 Å². The molecular weight excluding hydrogens is 216 g/mol. The molecule has 0 aliphatic heterocycles. The van der Waals surface area contributed by atoms with Crippen LogP contribution >= 0.6 is 11.6 Å². The summed E-state index contributed by atoms with van der Waals surface area (Å²) in [5, 5.41) is 0. The monoisotopic (exact) mass is 226 g/mol. The molecule has 2 amide bonds. The van der Waals surface area contributed by atoms with Crippen LogP contribution in [0.1, 0.15) is 16.8 Å². The average molecular weight is 227 g/mol. The van der Waals surface area contributed by atoms with E-state index in [-0.39, 0.29) is 24.1 Å². The summed E-state index contributed by atoms with van der Waals surface area (Å²) in [6, 6.07) is 8.61. The first-order chi connectivity index (χ1) is 7.24. The van der Waals surface area contributed by atoms with E-state index in [0.717, 1.165) is 0 Å². The van der Waals surface area contributed by atoms with Gasteiger partial charge >= 0.3 is 0 Å². The number of nitrogens with one attached hydrogen (secondary N) is 2. The maximum atomic E-state index is 11.4. The quantitative estimate of drug-likeness (QED) is 0.599. The van der Waals surface area contributed by atoms with Crippen LogP contribution in [-0.2, 0) is 4.79 Å². The minimum absolute atomic E-state index is 0.177. The molecule has 0 radical (unpaired) electrons. The third-order valence-corrected chi connectivity index (χ3v) is 1.86. The summed E-state index contributed by atoms with van der Waals surface area (Å²) in [7, 11) is 0. The Morgan fingerprint density at radius 1 is 1.13 bits per heavy atom. The van der Waals surface area contributed by atoms with Crippen LogP contribution < -0.4 is 10.9 Å². The van der Waals surface area contributed by atoms with Crippen molar-refractivity contribution in [2.75, 3.05) is 5.88 Å². The van der Waals surface area contributed by atoms with Gasteiger partial charge in [0.2, 0.25) is 5.91 Å². The maximum Gasteiger partial charge on any atom is 0.269 e. The normalized spacial score (nSPS) is 9.40. The van der Waals surface area contributed by atoms with Crippen LogP contribution in [-0.4, -0.2) is 17.7 Å². The van der Waals surface area contributed by atoms with E-state index in [2.05, 4.69) is 10.9 Å². The molecule has 15 heavy (non-hydrogen) atoms. The highest BCUT2D eigenvalue weighted by molar-refractivity contribution is 6.18. The molecule has 0 aliphatic carbocycles. The lowest BCUT2D eigenvalue weighted by atomic mass is 10.2. The highest BCUT2D eigenvalue weighted by Gasteiger charge is 2.05. The molecule has 1 rings (SSSR count). The summed E-state index contributed by atoms with van der Waals surface area (Å²) >= 11 is 5.36. The second-order valence-corrected chi connectivity index (χ2v) is 3.19. The van der Waals surface area contributed by atoms with Crippen molar-refractivity contribution in [1.29, 1.82) is 0 Å². The van der Waals surface area contributed by atoms with Gasteiger partial charge in [-0.15, -0.1) is 11.6 Å². The number of alkyl halides is 1. The number of hydrogen-bond acceptors (Lipinski definition) is 2. The van der Waals surface area contributed by atoms with E-state index in [1.165, 1.54) is 0 Å². The number of carbonyl (C=O) groups excluding carboxylic acids is 2. The zero-order chi connectivity index (χ0) is 11.1. The third kappa shape index (κ3) is 3.99. The van der Waals surface area contributed by atoms with Gasteiger partial charge < -0.3 is 0 Å². The minimum atomic E-state index is -0.349. The maximum absolute atomic E-state index is 11.4. The molecule has 0 spiro atoms. The van der Waals surface area contributed by atoms with Crippen molar-refractivity contribution in [3.63, 3.8) is 0 Å². The topological polar surface area (TPSA) is 58.2 Å². The van der Waals surface area contributed by atoms with Gasteiger partial charge in [-0.25, -0.2) is 0 Å². The van der Waals surface area contributed by atoms with E-state index in [9.17, 15) is 9.59 Å². The molecule has 0 saturated heterocycles. The number of carbonyl (C=O) groups is 2. The summed E-state index contributed by atoms with van der Waals surface area (Å²) < 4.78 is 0. The molecule has 1 aromatic carbocycles. The Morgan fingerprint density at radius 3 is 2.40 bits per heavy atom. The number of rotatable bonds is 3. The summed E-state index contributed by atoms with van der Waals surface area (Å²) in [6.07, 6.45) is 0.177. The van der Waals surface area contributed by atoms with Gasteiger partial charge in [-0.05, 0) is 12.1 Å². The SMILES string of the molecule is O=C(CCCl)NNC(=O)c1ccccc1. The molecule has 4 nitrogen and oxygen atoms in total.